The highest BCUT2D eigenvalue weighted by atomic mass is 16.5. The van der Waals surface area contributed by atoms with Gasteiger partial charge in [0.25, 0.3) is 0 Å². The van der Waals surface area contributed by atoms with Gasteiger partial charge in [0, 0.05) is 24.9 Å². The SMILES string of the molecule is CC(C)CNCc1ccn(Cc2noc(C3CC3)n2)c1. The van der Waals surface area contributed by atoms with Crippen LogP contribution in [0.2, 0.25) is 0 Å². The second-order valence-corrected chi connectivity index (χ2v) is 6.04. The minimum Gasteiger partial charge on any atom is -0.346 e. The molecule has 0 aromatic carbocycles. The number of hydrogen-bond donors (Lipinski definition) is 1. The topological polar surface area (TPSA) is 55.9 Å². The number of hydrogen-bond acceptors (Lipinski definition) is 4. The summed E-state index contributed by atoms with van der Waals surface area (Å²) in [6.45, 7) is 7.06. The molecule has 5 heteroatoms. The Labute approximate surface area is 119 Å². The van der Waals surface area contributed by atoms with E-state index in [0.29, 0.717) is 18.4 Å². The van der Waals surface area contributed by atoms with Crippen molar-refractivity contribution < 1.29 is 4.52 Å². The Morgan fingerprint density at radius 2 is 2.30 bits per heavy atom. The molecule has 3 rings (SSSR count). The largest absolute Gasteiger partial charge is 0.346 e. The minimum atomic E-state index is 0.525. The van der Waals surface area contributed by atoms with E-state index < -0.39 is 0 Å². The van der Waals surface area contributed by atoms with Gasteiger partial charge < -0.3 is 14.4 Å². The minimum absolute atomic E-state index is 0.525. The Morgan fingerprint density at radius 3 is 3.05 bits per heavy atom. The molecular formula is C15H22N4O. The average molecular weight is 274 g/mol. The fraction of sp³-hybridized carbons (Fsp3) is 0.600. The quantitative estimate of drug-likeness (QED) is 0.843. The lowest BCUT2D eigenvalue weighted by Gasteiger charge is -2.05. The van der Waals surface area contributed by atoms with Crippen molar-refractivity contribution in [1.82, 2.24) is 20.0 Å². The van der Waals surface area contributed by atoms with Crippen molar-refractivity contribution in [3.8, 4) is 0 Å². The molecule has 0 spiro atoms. The molecule has 108 valence electrons. The Hall–Kier alpha value is -1.62. The van der Waals surface area contributed by atoms with E-state index in [1.165, 1.54) is 18.4 Å². The van der Waals surface area contributed by atoms with E-state index in [4.69, 9.17) is 4.52 Å². The summed E-state index contributed by atoms with van der Waals surface area (Å²) in [7, 11) is 0. The van der Waals surface area contributed by atoms with Gasteiger partial charge in [-0.15, -0.1) is 0 Å². The molecular weight excluding hydrogens is 252 g/mol. The van der Waals surface area contributed by atoms with Crippen molar-refractivity contribution in [2.45, 2.75) is 45.7 Å². The zero-order valence-corrected chi connectivity index (χ0v) is 12.2. The van der Waals surface area contributed by atoms with Crippen molar-refractivity contribution in [2.24, 2.45) is 5.92 Å². The first-order valence-corrected chi connectivity index (χ1v) is 7.38. The molecule has 0 aliphatic heterocycles. The Bertz CT molecular complexity index is 554. The first kappa shape index (κ1) is 13.4. The fourth-order valence-corrected chi connectivity index (χ4v) is 2.19. The van der Waals surface area contributed by atoms with Crippen molar-refractivity contribution in [3.63, 3.8) is 0 Å². The Balaban J connectivity index is 1.53. The standard InChI is InChI=1S/C15H22N4O/c1-11(2)7-16-8-12-5-6-19(9-12)10-14-17-15(20-18-14)13-3-4-13/h5-6,9,11,13,16H,3-4,7-8,10H2,1-2H3. The van der Waals surface area contributed by atoms with E-state index in [1.54, 1.807) is 0 Å². The summed E-state index contributed by atoms with van der Waals surface area (Å²) in [5, 5.41) is 7.49. The van der Waals surface area contributed by atoms with E-state index in [9.17, 15) is 0 Å². The van der Waals surface area contributed by atoms with Crippen LogP contribution in [0.1, 0.15) is 49.9 Å². The second-order valence-electron chi connectivity index (χ2n) is 6.04. The van der Waals surface area contributed by atoms with Crippen molar-refractivity contribution >= 4 is 0 Å². The van der Waals surface area contributed by atoms with E-state index >= 15 is 0 Å². The average Bonchev–Trinajstić information content (AvgIpc) is 3.00. The van der Waals surface area contributed by atoms with Crippen LogP contribution < -0.4 is 5.32 Å². The lowest BCUT2D eigenvalue weighted by atomic mass is 10.2. The van der Waals surface area contributed by atoms with Crippen LogP contribution in [0.15, 0.2) is 23.0 Å². The molecule has 0 bridgehead atoms. The highest BCUT2D eigenvalue weighted by Gasteiger charge is 2.29. The van der Waals surface area contributed by atoms with Gasteiger partial charge in [-0.3, -0.25) is 0 Å². The van der Waals surface area contributed by atoms with Crippen LogP contribution >= 0.6 is 0 Å². The molecule has 0 saturated heterocycles. The first-order chi connectivity index (χ1) is 9.70. The number of aromatic nitrogens is 3. The summed E-state index contributed by atoms with van der Waals surface area (Å²) in [4.78, 5) is 4.45. The van der Waals surface area contributed by atoms with Gasteiger partial charge >= 0.3 is 0 Å². The summed E-state index contributed by atoms with van der Waals surface area (Å²) in [5.74, 6) is 2.78. The third-order valence-electron chi connectivity index (χ3n) is 3.43. The van der Waals surface area contributed by atoms with Crippen LogP contribution in [-0.4, -0.2) is 21.3 Å². The molecule has 1 aliphatic rings. The Kier molecular flexibility index (Phi) is 3.87. The molecule has 0 atom stereocenters. The van der Waals surface area contributed by atoms with Gasteiger partial charge in [0.1, 0.15) is 0 Å². The molecule has 20 heavy (non-hydrogen) atoms. The molecule has 5 nitrogen and oxygen atoms in total. The fourth-order valence-electron chi connectivity index (χ4n) is 2.19. The van der Waals surface area contributed by atoms with Gasteiger partial charge in [-0.05, 0) is 36.9 Å². The highest BCUT2D eigenvalue weighted by Crippen LogP contribution is 2.38. The molecule has 1 aliphatic carbocycles. The molecule has 1 saturated carbocycles. The summed E-state index contributed by atoms with van der Waals surface area (Å²) < 4.78 is 7.38. The van der Waals surface area contributed by atoms with Crippen molar-refractivity contribution in [2.75, 3.05) is 6.54 Å². The van der Waals surface area contributed by atoms with Gasteiger partial charge in [-0.25, -0.2) is 0 Å². The summed E-state index contributed by atoms with van der Waals surface area (Å²) in [6, 6.07) is 2.13. The third kappa shape index (κ3) is 3.48. The van der Waals surface area contributed by atoms with Crippen molar-refractivity contribution in [3.05, 3.63) is 35.7 Å². The maximum absolute atomic E-state index is 5.27. The van der Waals surface area contributed by atoms with E-state index in [0.717, 1.165) is 24.8 Å². The van der Waals surface area contributed by atoms with E-state index in [2.05, 4.69) is 52.3 Å². The van der Waals surface area contributed by atoms with Crippen LogP contribution in [0, 0.1) is 5.92 Å². The number of nitrogens with zero attached hydrogens (tertiary/aromatic N) is 3. The van der Waals surface area contributed by atoms with Gasteiger partial charge in [0.15, 0.2) is 5.82 Å². The summed E-state index contributed by atoms with van der Waals surface area (Å²) in [5.41, 5.74) is 1.29. The highest BCUT2D eigenvalue weighted by molar-refractivity contribution is 5.11. The monoisotopic (exact) mass is 274 g/mol. The molecule has 2 heterocycles. The lowest BCUT2D eigenvalue weighted by molar-refractivity contribution is 0.373. The Morgan fingerprint density at radius 1 is 1.45 bits per heavy atom. The third-order valence-corrected chi connectivity index (χ3v) is 3.43. The van der Waals surface area contributed by atoms with E-state index in [-0.39, 0.29) is 0 Å². The molecule has 0 amide bonds. The predicted octanol–water partition coefficient (Wildman–Crippen LogP) is 2.54. The van der Waals surface area contributed by atoms with Crippen LogP contribution in [-0.2, 0) is 13.1 Å². The van der Waals surface area contributed by atoms with Gasteiger partial charge in [0.05, 0.1) is 6.54 Å². The molecule has 2 aromatic rings. The van der Waals surface area contributed by atoms with Crippen LogP contribution in [0.4, 0.5) is 0 Å². The first-order valence-electron chi connectivity index (χ1n) is 7.38. The smallest absolute Gasteiger partial charge is 0.229 e. The molecule has 0 radical (unpaired) electrons. The molecule has 1 fully saturated rings. The number of rotatable bonds is 7. The maximum Gasteiger partial charge on any atom is 0.229 e. The second kappa shape index (κ2) is 5.79. The number of nitrogens with one attached hydrogen (secondary N) is 1. The van der Waals surface area contributed by atoms with E-state index in [1.807, 2.05) is 0 Å². The summed E-state index contributed by atoms with van der Waals surface area (Å²) in [6.07, 6.45) is 6.59. The lowest BCUT2D eigenvalue weighted by Crippen LogP contribution is -2.18. The normalized spacial score (nSPS) is 15.2. The maximum atomic E-state index is 5.27. The van der Waals surface area contributed by atoms with Gasteiger partial charge in [0.2, 0.25) is 5.89 Å². The van der Waals surface area contributed by atoms with Crippen molar-refractivity contribution in [1.29, 1.82) is 0 Å². The molecule has 2 aromatic heterocycles. The predicted molar refractivity (Wildman–Crippen MR) is 76.4 cm³/mol. The van der Waals surface area contributed by atoms with Crippen LogP contribution in [0.5, 0.6) is 0 Å². The summed E-state index contributed by atoms with van der Waals surface area (Å²) >= 11 is 0. The van der Waals surface area contributed by atoms with Gasteiger partial charge in [-0.1, -0.05) is 19.0 Å². The zero-order valence-electron chi connectivity index (χ0n) is 12.2. The molecule has 0 unspecified atom stereocenters. The van der Waals surface area contributed by atoms with Crippen LogP contribution in [0.3, 0.4) is 0 Å². The van der Waals surface area contributed by atoms with Crippen LogP contribution in [0.25, 0.3) is 0 Å². The van der Waals surface area contributed by atoms with Gasteiger partial charge in [-0.2, -0.15) is 4.98 Å². The molecule has 1 N–H and O–H groups in total. The zero-order chi connectivity index (χ0) is 13.9.